The van der Waals surface area contributed by atoms with Crippen LogP contribution in [0.15, 0.2) is 72.8 Å². The van der Waals surface area contributed by atoms with Gasteiger partial charge in [0.2, 0.25) is 0 Å². The van der Waals surface area contributed by atoms with Gasteiger partial charge >= 0.3 is 5.97 Å². The molecule has 0 bridgehead atoms. The molecule has 0 aliphatic carbocycles. The Morgan fingerprint density at radius 1 is 0.710 bits per heavy atom. The lowest BCUT2D eigenvalue weighted by Crippen LogP contribution is -2.09. The molecule has 3 aromatic carbocycles. The largest absolute Gasteiger partial charge is 0.497 e. The molecule has 0 unspecified atom stereocenters. The molecule has 0 radical (unpaired) electrons. The molecule has 0 fully saturated rings. The summed E-state index contributed by atoms with van der Waals surface area (Å²) >= 11 is 0. The molecule has 0 spiro atoms. The maximum absolute atomic E-state index is 12.5. The normalized spacial score (nSPS) is 10.5. The van der Waals surface area contributed by atoms with Crippen LogP contribution in [0.1, 0.15) is 26.3 Å². The molecule has 0 N–H and O–H groups in total. The van der Waals surface area contributed by atoms with Gasteiger partial charge in [-0.3, -0.25) is 4.79 Å². The van der Waals surface area contributed by atoms with Gasteiger partial charge in [-0.2, -0.15) is 0 Å². The summed E-state index contributed by atoms with van der Waals surface area (Å²) in [6.45, 7) is 0. The average Bonchev–Trinajstić information content (AvgIpc) is 2.82. The topological polar surface area (TPSA) is 71.1 Å². The Morgan fingerprint density at radius 3 is 2.06 bits per heavy atom. The summed E-state index contributed by atoms with van der Waals surface area (Å²) in [4.78, 5) is 24.9. The van der Waals surface area contributed by atoms with E-state index in [9.17, 15) is 9.59 Å². The highest BCUT2D eigenvalue weighted by atomic mass is 16.5. The van der Waals surface area contributed by atoms with Gasteiger partial charge in [0.25, 0.3) is 0 Å². The van der Waals surface area contributed by atoms with E-state index in [0.29, 0.717) is 34.1 Å². The standard InChI is InChI=1S/C25H22O6/c1-28-19-13-14-20(24(16-19)30-3)22(26)15-10-17-8-11-18(12-9-17)31-25(27)21-6-4-5-7-23(21)29-2/h4-16H,1-3H3/b15-10+. The van der Waals surface area contributed by atoms with Crippen molar-refractivity contribution in [2.45, 2.75) is 0 Å². The number of hydrogen-bond acceptors (Lipinski definition) is 6. The smallest absolute Gasteiger partial charge is 0.347 e. The highest BCUT2D eigenvalue weighted by Crippen LogP contribution is 2.26. The van der Waals surface area contributed by atoms with Gasteiger partial charge in [0.05, 0.1) is 26.9 Å². The lowest BCUT2D eigenvalue weighted by atomic mass is 10.1. The number of hydrogen-bond donors (Lipinski definition) is 0. The Kier molecular flexibility index (Phi) is 7.06. The van der Waals surface area contributed by atoms with E-state index in [1.54, 1.807) is 79.9 Å². The van der Waals surface area contributed by atoms with Crippen molar-refractivity contribution in [2.24, 2.45) is 0 Å². The van der Waals surface area contributed by atoms with Crippen LogP contribution in [0.2, 0.25) is 0 Å². The number of methoxy groups -OCH3 is 3. The summed E-state index contributed by atoms with van der Waals surface area (Å²) in [5.41, 5.74) is 1.55. The van der Waals surface area contributed by atoms with E-state index in [-0.39, 0.29) is 5.78 Å². The Balaban J connectivity index is 1.68. The zero-order valence-corrected chi connectivity index (χ0v) is 17.5. The number of rotatable bonds is 8. The van der Waals surface area contributed by atoms with Gasteiger partial charge in [0, 0.05) is 6.07 Å². The SMILES string of the molecule is COc1ccc(C(=O)/C=C/c2ccc(OC(=O)c3ccccc3OC)cc2)c(OC)c1. The van der Waals surface area contributed by atoms with E-state index in [2.05, 4.69) is 0 Å². The summed E-state index contributed by atoms with van der Waals surface area (Å²) < 4.78 is 21.0. The van der Waals surface area contributed by atoms with Gasteiger partial charge < -0.3 is 18.9 Å². The molecule has 3 rings (SSSR count). The maximum Gasteiger partial charge on any atom is 0.347 e. The van der Waals surface area contributed by atoms with Crippen molar-refractivity contribution < 1.29 is 28.5 Å². The van der Waals surface area contributed by atoms with Crippen molar-refractivity contribution in [1.82, 2.24) is 0 Å². The maximum atomic E-state index is 12.5. The van der Waals surface area contributed by atoms with Crippen LogP contribution < -0.4 is 18.9 Å². The van der Waals surface area contributed by atoms with Crippen molar-refractivity contribution >= 4 is 17.8 Å². The molecule has 6 nitrogen and oxygen atoms in total. The van der Waals surface area contributed by atoms with Crippen molar-refractivity contribution in [1.29, 1.82) is 0 Å². The first-order chi connectivity index (χ1) is 15.0. The molecule has 158 valence electrons. The van der Waals surface area contributed by atoms with Crippen LogP contribution in [0, 0.1) is 0 Å². The zero-order valence-electron chi connectivity index (χ0n) is 17.5. The molecular weight excluding hydrogens is 396 g/mol. The second kappa shape index (κ2) is 10.1. The lowest BCUT2D eigenvalue weighted by molar-refractivity contribution is 0.0731. The number of esters is 1. The number of allylic oxidation sites excluding steroid dienone is 1. The van der Waals surface area contributed by atoms with Crippen molar-refractivity contribution in [2.75, 3.05) is 21.3 Å². The third kappa shape index (κ3) is 5.30. The van der Waals surface area contributed by atoms with E-state index in [4.69, 9.17) is 18.9 Å². The molecular formula is C25H22O6. The molecule has 0 saturated carbocycles. The van der Waals surface area contributed by atoms with E-state index in [1.807, 2.05) is 0 Å². The molecule has 0 saturated heterocycles. The number of ketones is 1. The van der Waals surface area contributed by atoms with Gasteiger partial charge in [-0.25, -0.2) is 4.79 Å². The van der Waals surface area contributed by atoms with E-state index >= 15 is 0 Å². The minimum Gasteiger partial charge on any atom is -0.497 e. The third-order valence-electron chi connectivity index (χ3n) is 4.52. The Hall–Kier alpha value is -4.06. The summed E-state index contributed by atoms with van der Waals surface area (Å²) in [7, 11) is 4.55. The molecule has 0 amide bonds. The summed E-state index contributed by atoms with van der Waals surface area (Å²) in [5.74, 6) is 1.16. The minimum atomic E-state index is -0.512. The first-order valence-corrected chi connectivity index (χ1v) is 9.45. The molecule has 0 aliphatic rings. The van der Waals surface area contributed by atoms with E-state index in [1.165, 1.54) is 20.3 Å². The highest BCUT2D eigenvalue weighted by Gasteiger charge is 2.14. The van der Waals surface area contributed by atoms with E-state index < -0.39 is 5.97 Å². The number of carbonyl (C=O) groups is 2. The fraction of sp³-hybridized carbons (Fsp3) is 0.120. The van der Waals surface area contributed by atoms with Gasteiger partial charge in [-0.05, 0) is 48.0 Å². The van der Waals surface area contributed by atoms with E-state index in [0.717, 1.165) is 5.56 Å². The van der Waals surface area contributed by atoms with Crippen molar-refractivity contribution in [3.05, 3.63) is 89.5 Å². The van der Waals surface area contributed by atoms with Crippen LogP contribution in [0.4, 0.5) is 0 Å². The molecule has 3 aromatic rings. The molecule has 0 atom stereocenters. The Bertz CT molecular complexity index is 1100. The first-order valence-electron chi connectivity index (χ1n) is 9.45. The third-order valence-corrected chi connectivity index (χ3v) is 4.52. The quantitative estimate of drug-likeness (QED) is 0.226. The zero-order chi connectivity index (χ0) is 22.2. The predicted molar refractivity (Wildman–Crippen MR) is 117 cm³/mol. The monoisotopic (exact) mass is 418 g/mol. The predicted octanol–water partition coefficient (Wildman–Crippen LogP) is 4.83. The first kappa shape index (κ1) is 21.6. The summed E-state index contributed by atoms with van der Waals surface area (Å²) in [5, 5.41) is 0. The van der Waals surface area contributed by atoms with Crippen molar-refractivity contribution in [3.63, 3.8) is 0 Å². The lowest BCUT2D eigenvalue weighted by Gasteiger charge is -2.08. The van der Waals surface area contributed by atoms with Crippen LogP contribution in [0.25, 0.3) is 6.08 Å². The van der Waals surface area contributed by atoms with Gasteiger partial charge in [-0.15, -0.1) is 0 Å². The van der Waals surface area contributed by atoms with Crippen LogP contribution in [-0.2, 0) is 0 Å². The van der Waals surface area contributed by atoms with Gasteiger partial charge in [-0.1, -0.05) is 30.3 Å². The summed E-state index contributed by atoms with van der Waals surface area (Å²) in [6, 6.07) is 18.7. The van der Waals surface area contributed by atoms with Crippen LogP contribution in [0.5, 0.6) is 23.0 Å². The molecule has 6 heteroatoms. The molecule has 31 heavy (non-hydrogen) atoms. The Morgan fingerprint density at radius 2 is 1.39 bits per heavy atom. The second-order valence-electron chi connectivity index (χ2n) is 6.42. The van der Waals surface area contributed by atoms with Crippen LogP contribution >= 0.6 is 0 Å². The number of para-hydroxylation sites is 1. The van der Waals surface area contributed by atoms with Crippen molar-refractivity contribution in [3.8, 4) is 23.0 Å². The number of ether oxygens (including phenoxy) is 4. The molecule has 0 aliphatic heterocycles. The van der Waals surface area contributed by atoms with Crippen LogP contribution in [0.3, 0.4) is 0 Å². The van der Waals surface area contributed by atoms with Gasteiger partial charge in [0.15, 0.2) is 5.78 Å². The fourth-order valence-corrected chi connectivity index (χ4v) is 2.89. The van der Waals surface area contributed by atoms with Crippen LogP contribution in [-0.4, -0.2) is 33.1 Å². The summed E-state index contributed by atoms with van der Waals surface area (Å²) in [6.07, 6.45) is 3.14. The number of carbonyl (C=O) groups excluding carboxylic acids is 2. The average molecular weight is 418 g/mol. The Labute approximate surface area is 180 Å². The molecule has 0 heterocycles. The minimum absolute atomic E-state index is 0.203. The fourth-order valence-electron chi connectivity index (χ4n) is 2.89. The molecule has 0 aromatic heterocycles. The highest BCUT2D eigenvalue weighted by molar-refractivity contribution is 6.08. The van der Waals surface area contributed by atoms with Gasteiger partial charge in [0.1, 0.15) is 28.6 Å². The number of benzene rings is 3. The second-order valence-corrected chi connectivity index (χ2v) is 6.42.